The molecule has 3 aliphatic rings. The molecule has 2 atom stereocenters. The third-order valence-electron chi connectivity index (χ3n) is 9.23. The molecule has 0 saturated carbocycles. The lowest BCUT2D eigenvalue weighted by Gasteiger charge is -2.39. The molecule has 0 aromatic carbocycles. The summed E-state index contributed by atoms with van der Waals surface area (Å²) in [7, 11) is -5.08. The molecule has 0 unspecified atom stereocenters. The fraction of sp³-hybridized carbons (Fsp3) is 0.909. The molecule has 1 N–H and O–H groups in total. The molecule has 2 bridgehead atoms. The largest absolute Gasteiger partial charge is 0.724 e. The fourth-order valence-electron chi connectivity index (χ4n) is 6.58. The third kappa shape index (κ3) is 13.7. The van der Waals surface area contributed by atoms with E-state index in [1.807, 2.05) is 0 Å². The van der Waals surface area contributed by atoms with Crippen LogP contribution in [-0.2, 0) is 24.2 Å². The van der Waals surface area contributed by atoms with Gasteiger partial charge in [-0.25, -0.2) is 18.0 Å². The van der Waals surface area contributed by atoms with E-state index in [0.717, 1.165) is 0 Å². The van der Waals surface area contributed by atoms with Crippen molar-refractivity contribution in [3.05, 3.63) is 0 Å². The molecule has 0 radical (unpaired) electrons. The lowest BCUT2D eigenvalue weighted by Crippen LogP contribution is -2.54. The number of hydroxylamine groups is 2. The molecular formula is C33H63N5O8S. The van der Waals surface area contributed by atoms with Gasteiger partial charge in [-0.05, 0) is 72.1 Å². The van der Waals surface area contributed by atoms with Crippen molar-refractivity contribution >= 4 is 28.4 Å². The fourth-order valence-corrected chi connectivity index (χ4v) is 6.96. The van der Waals surface area contributed by atoms with Crippen LogP contribution in [0, 0.1) is 0 Å². The highest BCUT2D eigenvalue weighted by Crippen LogP contribution is 2.31. The van der Waals surface area contributed by atoms with Crippen LogP contribution in [0.3, 0.4) is 0 Å². The summed E-state index contributed by atoms with van der Waals surface area (Å²) in [6, 6.07) is -2.30. The number of quaternary nitrogens is 1. The van der Waals surface area contributed by atoms with Gasteiger partial charge >= 0.3 is 12.1 Å². The van der Waals surface area contributed by atoms with E-state index in [0.29, 0.717) is 43.8 Å². The maximum absolute atomic E-state index is 12.7. The highest BCUT2D eigenvalue weighted by atomic mass is 32.3. The average molecular weight is 690 g/mol. The molecule has 14 heteroatoms. The van der Waals surface area contributed by atoms with Gasteiger partial charge in [-0.2, -0.15) is 9.35 Å². The van der Waals surface area contributed by atoms with Gasteiger partial charge in [-0.1, -0.05) is 53.4 Å². The van der Waals surface area contributed by atoms with Crippen molar-refractivity contribution in [2.24, 2.45) is 0 Å². The number of hydrogen-bond donors (Lipinski definition) is 1. The zero-order valence-corrected chi connectivity index (χ0v) is 30.9. The van der Waals surface area contributed by atoms with Gasteiger partial charge in [-0.3, -0.25) is 4.79 Å². The standard InChI is InChI=1S/C17H28N4O8S.C16H36N/c1-17(2,3)28-16(24)19-8-6-11(7-9-19)18-14(22)13-5-4-12-10-20(13)15(23)21(12)29-30(25,26)27;1-5-9-13-17(14-10-6-2,15-11-7-3)16-12-8-4/h11-13H,4-10H2,1-3H3,(H,18,22)(H,25,26,27);5-16H2,1-4H3/q;+1/p-1/t12-,13-;/m1./s1. The van der Waals surface area contributed by atoms with E-state index in [1.54, 1.807) is 25.7 Å². The summed E-state index contributed by atoms with van der Waals surface area (Å²) >= 11 is 0. The highest BCUT2D eigenvalue weighted by Gasteiger charge is 2.49. The van der Waals surface area contributed by atoms with Gasteiger partial charge in [0.25, 0.3) is 0 Å². The van der Waals surface area contributed by atoms with Crippen LogP contribution in [0.4, 0.5) is 9.59 Å². The quantitative estimate of drug-likeness (QED) is 0.133. The van der Waals surface area contributed by atoms with Crippen molar-refractivity contribution in [1.29, 1.82) is 0 Å². The predicted octanol–water partition coefficient (Wildman–Crippen LogP) is 5.17. The second kappa shape index (κ2) is 19.1. The molecule has 4 amide bonds. The SMILES string of the molecule is CC(C)(C)OC(=O)N1CCC(NC(=O)[C@H]2CC[C@@H]3CN2C(=O)N3OS(=O)(=O)[O-])CC1.CCCC[N+](CCCC)(CCCC)CCCC. The normalized spacial score (nSPS) is 20.6. The zero-order valence-electron chi connectivity index (χ0n) is 30.1. The van der Waals surface area contributed by atoms with Crippen LogP contribution < -0.4 is 5.32 Å². The first-order valence-corrected chi connectivity index (χ1v) is 19.3. The van der Waals surface area contributed by atoms with Crippen molar-refractivity contribution in [3.8, 4) is 0 Å². The Morgan fingerprint density at radius 1 is 0.872 bits per heavy atom. The lowest BCUT2D eigenvalue weighted by molar-refractivity contribution is -0.929. The van der Waals surface area contributed by atoms with Gasteiger partial charge in [0, 0.05) is 25.7 Å². The first-order valence-electron chi connectivity index (χ1n) is 18.0. The van der Waals surface area contributed by atoms with Crippen molar-refractivity contribution in [3.63, 3.8) is 0 Å². The number of unbranched alkanes of at least 4 members (excludes halogenated alkanes) is 4. The van der Waals surface area contributed by atoms with Crippen molar-refractivity contribution in [2.45, 2.75) is 149 Å². The van der Waals surface area contributed by atoms with Gasteiger partial charge in [-0.15, -0.1) is 0 Å². The smallest absolute Gasteiger partial charge is 0.410 e. The number of fused-ring (bicyclic) bond motifs is 2. The highest BCUT2D eigenvalue weighted by molar-refractivity contribution is 7.80. The minimum absolute atomic E-state index is 0.115. The topological polar surface area (TPSA) is 149 Å². The zero-order chi connectivity index (χ0) is 35.3. The van der Waals surface area contributed by atoms with E-state index < -0.39 is 34.1 Å². The number of urea groups is 1. The van der Waals surface area contributed by atoms with E-state index in [4.69, 9.17) is 4.74 Å². The van der Waals surface area contributed by atoms with E-state index in [2.05, 4.69) is 37.3 Å². The Morgan fingerprint density at radius 2 is 1.36 bits per heavy atom. The summed E-state index contributed by atoms with van der Waals surface area (Å²) in [5, 5.41) is 3.46. The second-order valence-corrected chi connectivity index (χ2v) is 15.4. The summed E-state index contributed by atoms with van der Waals surface area (Å²) in [6.45, 7) is 21.4. The Labute approximate surface area is 284 Å². The van der Waals surface area contributed by atoms with Crippen LogP contribution in [0.25, 0.3) is 0 Å². The molecule has 3 heterocycles. The number of amides is 4. The summed E-state index contributed by atoms with van der Waals surface area (Å²) < 4.78 is 43.6. The van der Waals surface area contributed by atoms with Gasteiger partial charge in [0.1, 0.15) is 11.6 Å². The molecule has 3 rings (SSSR count). The molecule has 3 aliphatic heterocycles. The summed E-state index contributed by atoms with van der Waals surface area (Å²) in [6.07, 6.45) is 12.5. The summed E-state index contributed by atoms with van der Waals surface area (Å²) in [5.41, 5.74) is -0.577. The van der Waals surface area contributed by atoms with E-state index in [-0.39, 0.29) is 24.6 Å². The number of rotatable bonds is 16. The number of carbonyl (C=O) groups excluding carboxylic acids is 3. The molecule has 0 aromatic rings. The van der Waals surface area contributed by atoms with Crippen LogP contribution in [-0.4, -0.2) is 120 Å². The monoisotopic (exact) mass is 689 g/mol. The van der Waals surface area contributed by atoms with E-state index >= 15 is 0 Å². The van der Waals surface area contributed by atoms with Gasteiger partial charge < -0.3 is 28.9 Å². The molecule has 0 spiro atoms. The van der Waals surface area contributed by atoms with Crippen LogP contribution >= 0.6 is 0 Å². The first kappa shape index (κ1) is 41.0. The molecule has 3 saturated heterocycles. The molecule has 47 heavy (non-hydrogen) atoms. The Hall–Kier alpha value is -2.16. The minimum atomic E-state index is -5.08. The summed E-state index contributed by atoms with van der Waals surface area (Å²) in [5.74, 6) is -0.343. The number of carbonyl (C=O) groups is 3. The molecule has 274 valence electrons. The molecule has 0 aromatic heterocycles. The van der Waals surface area contributed by atoms with Gasteiger partial charge in [0.15, 0.2) is 0 Å². The van der Waals surface area contributed by atoms with Crippen molar-refractivity contribution in [2.75, 3.05) is 45.8 Å². The lowest BCUT2D eigenvalue weighted by atomic mass is 9.99. The van der Waals surface area contributed by atoms with Crippen LogP contribution in [0.5, 0.6) is 0 Å². The van der Waals surface area contributed by atoms with Crippen molar-refractivity contribution < 1.29 is 40.9 Å². The number of nitrogens with one attached hydrogen (secondary N) is 1. The van der Waals surface area contributed by atoms with Crippen molar-refractivity contribution in [1.82, 2.24) is 20.2 Å². The number of likely N-dealkylation sites (tertiary alicyclic amines) is 1. The van der Waals surface area contributed by atoms with Crippen LogP contribution in [0.2, 0.25) is 0 Å². The van der Waals surface area contributed by atoms with Crippen LogP contribution in [0.1, 0.15) is 126 Å². The Morgan fingerprint density at radius 3 is 1.79 bits per heavy atom. The third-order valence-corrected chi connectivity index (χ3v) is 9.58. The Bertz CT molecular complexity index is 1050. The van der Waals surface area contributed by atoms with Crippen LogP contribution in [0.15, 0.2) is 0 Å². The number of ether oxygens (including phenoxy) is 1. The predicted molar refractivity (Wildman–Crippen MR) is 180 cm³/mol. The molecule has 13 nitrogen and oxygen atoms in total. The maximum atomic E-state index is 12.7. The van der Waals surface area contributed by atoms with Gasteiger partial charge in [0.05, 0.1) is 32.2 Å². The maximum Gasteiger partial charge on any atom is 0.410 e. The summed E-state index contributed by atoms with van der Waals surface area (Å²) in [4.78, 5) is 40.1. The number of piperidine rings is 2. The Kier molecular flexibility index (Phi) is 16.7. The minimum Gasteiger partial charge on any atom is -0.724 e. The average Bonchev–Trinajstić information content (AvgIpc) is 3.23. The molecule has 3 fully saturated rings. The second-order valence-electron chi connectivity index (χ2n) is 14.4. The molecule has 0 aliphatic carbocycles. The Balaban J connectivity index is 0.000000387. The van der Waals surface area contributed by atoms with E-state index in [9.17, 15) is 27.4 Å². The molecular weight excluding hydrogens is 626 g/mol. The van der Waals surface area contributed by atoms with E-state index in [1.165, 1.54) is 86.9 Å². The first-order chi connectivity index (χ1) is 22.1. The van der Waals surface area contributed by atoms with Gasteiger partial charge in [0.2, 0.25) is 16.3 Å². The number of nitrogens with zero attached hydrogens (tertiary/aromatic N) is 4. The number of hydrogen-bond acceptors (Lipinski definition) is 8.